The summed E-state index contributed by atoms with van der Waals surface area (Å²) in [5.41, 5.74) is 0. The Morgan fingerprint density at radius 1 is 1.42 bits per heavy atom. The molecule has 1 aliphatic carbocycles. The quantitative estimate of drug-likeness (QED) is 0.797. The molecule has 3 heterocycles. The van der Waals surface area contributed by atoms with Crippen molar-refractivity contribution in [3.05, 3.63) is 36.7 Å². The van der Waals surface area contributed by atoms with E-state index in [4.69, 9.17) is 9.47 Å². The van der Waals surface area contributed by atoms with Gasteiger partial charge in [-0.05, 0) is 43.7 Å². The first kappa shape index (κ1) is 15.6. The molecule has 0 saturated carbocycles. The first-order valence-corrected chi connectivity index (χ1v) is 8.95. The van der Waals surface area contributed by atoms with Gasteiger partial charge in [0.15, 0.2) is 0 Å². The predicted molar refractivity (Wildman–Crippen MR) is 89.6 cm³/mol. The van der Waals surface area contributed by atoms with Gasteiger partial charge in [0.2, 0.25) is 5.91 Å². The third-order valence-electron chi connectivity index (χ3n) is 5.27. The van der Waals surface area contributed by atoms with Crippen molar-refractivity contribution in [2.75, 3.05) is 13.2 Å². The number of rotatable bonds is 4. The molecule has 1 unspecified atom stereocenters. The number of ether oxygens (including phenoxy) is 2. The lowest BCUT2D eigenvalue weighted by atomic mass is 10.0. The first-order valence-electron chi connectivity index (χ1n) is 8.95. The molecule has 2 saturated heterocycles. The van der Waals surface area contributed by atoms with Crippen LogP contribution in [0.5, 0.6) is 5.75 Å². The average Bonchev–Trinajstić information content (AvgIpc) is 3.24. The highest BCUT2D eigenvalue weighted by molar-refractivity contribution is 5.77. The fraction of sp³-hybridized carbons (Fsp3) is 0.579. The summed E-state index contributed by atoms with van der Waals surface area (Å²) >= 11 is 0. The summed E-state index contributed by atoms with van der Waals surface area (Å²) in [5, 5.41) is 0. The summed E-state index contributed by atoms with van der Waals surface area (Å²) in [6, 6.07) is 3.91. The van der Waals surface area contributed by atoms with E-state index in [2.05, 4.69) is 17.1 Å². The molecule has 0 bridgehead atoms. The summed E-state index contributed by atoms with van der Waals surface area (Å²) in [5.74, 6) is 1.38. The number of likely N-dealkylation sites (tertiary alicyclic amines) is 1. The van der Waals surface area contributed by atoms with Crippen LogP contribution in [0.3, 0.4) is 0 Å². The van der Waals surface area contributed by atoms with Crippen LogP contribution in [0.25, 0.3) is 0 Å². The second kappa shape index (κ2) is 6.93. The molecule has 4 atom stereocenters. The van der Waals surface area contributed by atoms with Gasteiger partial charge in [-0.2, -0.15) is 0 Å². The molecule has 0 spiro atoms. The maximum absolute atomic E-state index is 12.8. The van der Waals surface area contributed by atoms with E-state index in [1.165, 1.54) is 0 Å². The average molecular weight is 328 g/mol. The van der Waals surface area contributed by atoms with E-state index in [9.17, 15) is 4.79 Å². The summed E-state index contributed by atoms with van der Waals surface area (Å²) in [6.07, 6.45) is 12.5. The molecule has 24 heavy (non-hydrogen) atoms. The number of fused-ring (bicyclic) bond motifs is 1. The third kappa shape index (κ3) is 3.18. The number of carbonyl (C=O) groups excluding carboxylic acids is 1. The van der Waals surface area contributed by atoms with Gasteiger partial charge >= 0.3 is 0 Å². The van der Waals surface area contributed by atoms with Gasteiger partial charge in [-0.25, -0.2) is 0 Å². The van der Waals surface area contributed by atoms with E-state index in [0.717, 1.165) is 38.0 Å². The number of carbonyl (C=O) groups is 1. The molecular weight excluding hydrogens is 304 g/mol. The van der Waals surface area contributed by atoms with Crippen molar-refractivity contribution in [1.82, 2.24) is 9.88 Å². The molecule has 0 radical (unpaired) electrons. The number of aromatic nitrogens is 1. The highest BCUT2D eigenvalue weighted by atomic mass is 16.5. The lowest BCUT2D eigenvalue weighted by molar-refractivity contribution is -0.135. The van der Waals surface area contributed by atoms with E-state index < -0.39 is 0 Å². The zero-order valence-corrected chi connectivity index (χ0v) is 13.8. The summed E-state index contributed by atoms with van der Waals surface area (Å²) < 4.78 is 12.1. The number of allylic oxidation sites excluding steroid dienone is 2. The number of hydrogen-bond acceptors (Lipinski definition) is 4. The smallest absolute Gasteiger partial charge is 0.223 e. The Labute approximate surface area is 142 Å². The Hall–Kier alpha value is -1.88. The summed E-state index contributed by atoms with van der Waals surface area (Å²) in [7, 11) is 0. The second-order valence-corrected chi connectivity index (χ2v) is 6.91. The minimum Gasteiger partial charge on any atom is -0.484 e. The van der Waals surface area contributed by atoms with Gasteiger partial charge in [0.1, 0.15) is 18.0 Å². The van der Waals surface area contributed by atoms with Crippen LogP contribution in [-0.2, 0) is 9.53 Å². The van der Waals surface area contributed by atoms with Crippen LogP contribution < -0.4 is 4.74 Å². The van der Waals surface area contributed by atoms with Gasteiger partial charge in [-0.1, -0.05) is 12.2 Å². The van der Waals surface area contributed by atoms with Gasteiger partial charge in [0, 0.05) is 19.2 Å². The maximum Gasteiger partial charge on any atom is 0.223 e. The van der Waals surface area contributed by atoms with E-state index in [1.54, 1.807) is 12.4 Å². The minimum absolute atomic E-state index is 0.0259. The Balaban J connectivity index is 1.46. The van der Waals surface area contributed by atoms with Crippen molar-refractivity contribution in [3.63, 3.8) is 0 Å². The molecule has 4 rings (SSSR count). The van der Waals surface area contributed by atoms with Crippen molar-refractivity contribution >= 4 is 5.91 Å². The van der Waals surface area contributed by atoms with Crippen molar-refractivity contribution in [2.45, 2.75) is 50.4 Å². The van der Waals surface area contributed by atoms with Gasteiger partial charge in [0.05, 0.1) is 18.8 Å². The Kier molecular flexibility index (Phi) is 4.52. The van der Waals surface area contributed by atoms with Crippen molar-refractivity contribution < 1.29 is 14.3 Å². The van der Waals surface area contributed by atoms with Gasteiger partial charge in [0.25, 0.3) is 0 Å². The van der Waals surface area contributed by atoms with E-state index in [-0.39, 0.29) is 24.2 Å². The van der Waals surface area contributed by atoms with Gasteiger partial charge in [-0.3, -0.25) is 9.78 Å². The SMILES string of the molecule is O=C(CC1C=CCC1)N1C[C@@H](Oc2cccnc2)[C@H]2OCCC[C@H]21. The first-order chi connectivity index (χ1) is 11.8. The zero-order valence-electron chi connectivity index (χ0n) is 13.8. The van der Waals surface area contributed by atoms with Crippen LogP contribution in [0.1, 0.15) is 32.1 Å². The van der Waals surface area contributed by atoms with E-state index in [1.807, 2.05) is 17.0 Å². The molecule has 5 heteroatoms. The molecule has 2 aliphatic heterocycles. The third-order valence-corrected chi connectivity index (χ3v) is 5.27. The fourth-order valence-electron chi connectivity index (χ4n) is 4.10. The van der Waals surface area contributed by atoms with Crippen LogP contribution in [0, 0.1) is 5.92 Å². The molecule has 128 valence electrons. The van der Waals surface area contributed by atoms with Crippen molar-refractivity contribution in [1.29, 1.82) is 0 Å². The van der Waals surface area contributed by atoms with E-state index >= 15 is 0 Å². The number of hydrogen-bond donors (Lipinski definition) is 0. The Bertz CT molecular complexity index is 604. The summed E-state index contributed by atoms with van der Waals surface area (Å²) in [6.45, 7) is 1.36. The molecule has 1 aromatic heterocycles. The highest BCUT2D eigenvalue weighted by Crippen LogP contribution is 2.33. The molecule has 2 fully saturated rings. The lowest BCUT2D eigenvalue weighted by Crippen LogP contribution is -2.44. The monoisotopic (exact) mass is 328 g/mol. The normalized spacial score (nSPS) is 31.9. The van der Waals surface area contributed by atoms with Crippen molar-refractivity contribution in [2.24, 2.45) is 5.92 Å². The zero-order chi connectivity index (χ0) is 16.4. The number of pyridine rings is 1. The maximum atomic E-state index is 12.8. The number of nitrogens with zero attached hydrogens (tertiary/aromatic N) is 2. The predicted octanol–water partition coefficient (Wildman–Crippen LogP) is 2.58. The van der Waals surface area contributed by atoms with E-state index in [0.29, 0.717) is 18.9 Å². The van der Waals surface area contributed by atoms with Crippen LogP contribution in [0.15, 0.2) is 36.7 Å². The van der Waals surface area contributed by atoms with Crippen molar-refractivity contribution in [3.8, 4) is 5.75 Å². The molecule has 1 aromatic rings. The molecule has 3 aliphatic rings. The van der Waals surface area contributed by atoms with Crippen LogP contribution in [0.4, 0.5) is 0 Å². The van der Waals surface area contributed by atoms with Crippen LogP contribution in [-0.4, -0.2) is 47.2 Å². The molecule has 0 N–H and O–H groups in total. The standard InChI is InChI=1S/C19H24N2O3/c22-18(11-14-5-1-2-6-14)21-13-17(19-16(21)8-4-10-23-19)24-15-7-3-9-20-12-15/h1,3,5,7,9,12,14,16-17,19H,2,4,6,8,10-11,13H2/t14?,16-,17-,19+/m1/s1. The molecule has 5 nitrogen and oxygen atoms in total. The second-order valence-electron chi connectivity index (χ2n) is 6.91. The van der Waals surface area contributed by atoms with Gasteiger partial charge < -0.3 is 14.4 Å². The van der Waals surface area contributed by atoms with Crippen LogP contribution >= 0.6 is 0 Å². The Morgan fingerprint density at radius 3 is 3.17 bits per heavy atom. The molecule has 1 amide bonds. The summed E-state index contributed by atoms with van der Waals surface area (Å²) in [4.78, 5) is 18.9. The topological polar surface area (TPSA) is 51.7 Å². The Morgan fingerprint density at radius 2 is 2.38 bits per heavy atom. The van der Waals surface area contributed by atoms with Crippen LogP contribution in [0.2, 0.25) is 0 Å². The molecule has 0 aromatic carbocycles. The highest BCUT2D eigenvalue weighted by Gasteiger charge is 2.47. The molecular formula is C19H24N2O3. The largest absolute Gasteiger partial charge is 0.484 e. The lowest BCUT2D eigenvalue weighted by Gasteiger charge is -2.32. The minimum atomic E-state index is -0.109. The fourth-order valence-corrected chi connectivity index (χ4v) is 4.10. The number of amides is 1. The van der Waals surface area contributed by atoms with Gasteiger partial charge in [-0.15, -0.1) is 0 Å².